The van der Waals surface area contributed by atoms with E-state index in [0.717, 1.165) is 28.0 Å². The van der Waals surface area contributed by atoms with Crippen LogP contribution in [0.4, 0.5) is 0 Å². The van der Waals surface area contributed by atoms with E-state index in [1.807, 2.05) is 74.3 Å². The first-order chi connectivity index (χ1) is 14.0. The van der Waals surface area contributed by atoms with Gasteiger partial charge in [-0.25, -0.2) is 0 Å². The van der Waals surface area contributed by atoms with Crippen molar-refractivity contribution in [2.75, 3.05) is 27.3 Å². The number of benzene rings is 2. The average Bonchev–Trinajstić information content (AvgIpc) is 3.13. The van der Waals surface area contributed by atoms with E-state index in [0.29, 0.717) is 18.9 Å². The molecule has 1 atom stereocenters. The average molecular weight is 396 g/mol. The molecule has 154 valence electrons. The summed E-state index contributed by atoms with van der Waals surface area (Å²) in [6, 6.07) is 15.4. The van der Waals surface area contributed by atoms with Gasteiger partial charge in [0.15, 0.2) is 11.5 Å². The number of carbonyl (C=O) groups excluding carboxylic acids is 1. The molecule has 0 radical (unpaired) electrons. The van der Waals surface area contributed by atoms with Gasteiger partial charge in [0.2, 0.25) is 5.91 Å². The molecule has 0 saturated carbocycles. The van der Waals surface area contributed by atoms with Crippen LogP contribution in [0.3, 0.4) is 0 Å². The number of amides is 1. The van der Waals surface area contributed by atoms with Crippen LogP contribution in [-0.4, -0.2) is 38.1 Å². The zero-order valence-electron chi connectivity index (χ0n) is 17.4. The Balaban J connectivity index is 1.56. The van der Waals surface area contributed by atoms with Crippen LogP contribution in [0.5, 0.6) is 11.5 Å². The standard InChI is InChI=1S/C23H28N2O4/c1-5-28-20-11-10-17(12-22(20)27-4)14-25(3)15-23(26)24-16(2)21-13-18-8-6-7-9-19(18)29-21/h6-13,16H,5,14-15H2,1-4H3,(H,24,26). The fourth-order valence-corrected chi connectivity index (χ4v) is 3.27. The predicted molar refractivity (Wildman–Crippen MR) is 113 cm³/mol. The van der Waals surface area contributed by atoms with Gasteiger partial charge >= 0.3 is 0 Å². The summed E-state index contributed by atoms with van der Waals surface area (Å²) in [4.78, 5) is 14.4. The minimum Gasteiger partial charge on any atom is -0.493 e. The highest BCUT2D eigenvalue weighted by molar-refractivity contribution is 5.80. The van der Waals surface area contributed by atoms with Gasteiger partial charge in [0.1, 0.15) is 11.3 Å². The molecule has 0 aliphatic rings. The highest BCUT2D eigenvalue weighted by Gasteiger charge is 2.16. The number of likely N-dealkylation sites (N-methyl/N-ethyl adjacent to an activating group) is 1. The minimum absolute atomic E-state index is 0.0571. The van der Waals surface area contributed by atoms with Crippen LogP contribution in [0.2, 0.25) is 0 Å². The number of hydrogen-bond donors (Lipinski definition) is 1. The first kappa shape index (κ1) is 20.7. The lowest BCUT2D eigenvalue weighted by Gasteiger charge is -2.19. The SMILES string of the molecule is CCOc1ccc(CN(C)CC(=O)NC(C)c2cc3ccccc3o2)cc1OC. The van der Waals surface area contributed by atoms with Crippen molar-refractivity contribution >= 4 is 16.9 Å². The number of carbonyl (C=O) groups is 1. The molecule has 6 heteroatoms. The summed E-state index contributed by atoms with van der Waals surface area (Å²) in [5.74, 6) is 2.11. The van der Waals surface area contributed by atoms with Gasteiger partial charge in [-0.2, -0.15) is 0 Å². The van der Waals surface area contributed by atoms with E-state index in [9.17, 15) is 4.79 Å². The molecule has 1 unspecified atom stereocenters. The van der Waals surface area contributed by atoms with Gasteiger partial charge in [-0.05, 0) is 50.7 Å². The molecule has 0 bridgehead atoms. The molecular formula is C23H28N2O4. The quantitative estimate of drug-likeness (QED) is 0.589. The van der Waals surface area contributed by atoms with E-state index < -0.39 is 0 Å². The van der Waals surface area contributed by atoms with Gasteiger partial charge in [0.05, 0.1) is 26.3 Å². The van der Waals surface area contributed by atoms with Crippen molar-refractivity contribution in [1.82, 2.24) is 10.2 Å². The summed E-state index contributed by atoms with van der Waals surface area (Å²) < 4.78 is 16.8. The fraction of sp³-hybridized carbons (Fsp3) is 0.348. The lowest BCUT2D eigenvalue weighted by atomic mass is 10.2. The van der Waals surface area contributed by atoms with Gasteiger partial charge in [-0.3, -0.25) is 9.69 Å². The molecule has 1 N–H and O–H groups in total. The monoisotopic (exact) mass is 396 g/mol. The maximum atomic E-state index is 12.5. The Morgan fingerprint density at radius 1 is 1.17 bits per heavy atom. The number of fused-ring (bicyclic) bond motifs is 1. The molecule has 0 saturated heterocycles. The van der Waals surface area contributed by atoms with Crippen molar-refractivity contribution in [1.29, 1.82) is 0 Å². The van der Waals surface area contributed by atoms with Crippen LogP contribution in [0.1, 0.15) is 31.2 Å². The summed E-state index contributed by atoms with van der Waals surface area (Å²) in [6.45, 7) is 5.34. The number of nitrogens with one attached hydrogen (secondary N) is 1. The van der Waals surface area contributed by atoms with Crippen molar-refractivity contribution in [3.63, 3.8) is 0 Å². The molecular weight excluding hydrogens is 368 g/mol. The molecule has 3 rings (SSSR count). The lowest BCUT2D eigenvalue weighted by Crippen LogP contribution is -2.36. The zero-order chi connectivity index (χ0) is 20.8. The number of rotatable bonds is 9. The Hall–Kier alpha value is -2.99. The van der Waals surface area contributed by atoms with E-state index in [-0.39, 0.29) is 18.5 Å². The molecule has 6 nitrogen and oxygen atoms in total. The van der Waals surface area contributed by atoms with Crippen LogP contribution < -0.4 is 14.8 Å². The molecule has 0 aliphatic carbocycles. The van der Waals surface area contributed by atoms with Crippen LogP contribution in [0, 0.1) is 0 Å². The summed E-state index contributed by atoms with van der Waals surface area (Å²) in [7, 11) is 3.53. The summed E-state index contributed by atoms with van der Waals surface area (Å²) in [5.41, 5.74) is 1.87. The van der Waals surface area contributed by atoms with E-state index in [2.05, 4.69) is 5.32 Å². The van der Waals surface area contributed by atoms with E-state index in [4.69, 9.17) is 13.9 Å². The molecule has 0 aliphatic heterocycles. The lowest BCUT2D eigenvalue weighted by molar-refractivity contribution is -0.122. The summed E-state index contributed by atoms with van der Waals surface area (Å²) >= 11 is 0. The molecule has 2 aromatic carbocycles. The van der Waals surface area contributed by atoms with Crippen molar-refractivity contribution in [3.8, 4) is 11.5 Å². The van der Waals surface area contributed by atoms with E-state index in [1.165, 1.54) is 0 Å². The highest BCUT2D eigenvalue weighted by Crippen LogP contribution is 2.28. The normalized spacial score (nSPS) is 12.2. The van der Waals surface area contributed by atoms with Gasteiger partial charge in [0, 0.05) is 11.9 Å². The van der Waals surface area contributed by atoms with Gasteiger partial charge < -0.3 is 19.2 Å². The van der Waals surface area contributed by atoms with Crippen LogP contribution in [-0.2, 0) is 11.3 Å². The minimum atomic E-state index is -0.200. The molecule has 1 heterocycles. The fourth-order valence-electron chi connectivity index (χ4n) is 3.27. The van der Waals surface area contributed by atoms with Crippen molar-refractivity contribution in [2.24, 2.45) is 0 Å². The molecule has 3 aromatic rings. The van der Waals surface area contributed by atoms with Gasteiger partial charge in [0.25, 0.3) is 0 Å². The number of hydrogen-bond acceptors (Lipinski definition) is 5. The molecule has 1 aromatic heterocycles. The Kier molecular flexibility index (Phi) is 6.77. The van der Waals surface area contributed by atoms with Crippen molar-refractivity contribution in [2.45, 2.75) is 26.4 Å². The third kappa shape index (κ3) is 5.29. The first-order valence-electron chi connectivity index (χ1n) is 9.76. The number of methoxy groups -OCH3 is 1. The molecule has 0 fully saturated rings. The Morgan fingerprint density at radius 2 is 1.97 bits per heavy atom. The maximum absolute atomic E-state index is 12.5. The largest absolute Gasteiger partial charge is 0.493 e. The van der Waals surface area contributed by atoms with Crippen molar-refractivity contribution < 1.29 is 18.7 Å². The third-order valence-electron chi connectivity index (χ3n) is 4.64. The number of ether oxygens (including phenoxy) is 2. The Bertz CT molecular complexity index is 933. The topological polar surface area (TPSA) is 63.9 Å². The third-order valence-corrected chi connectivity index (χ3v) is 4.64. The number of furan rings is 1. The zero-order valence-corrected chi connectivity index (χ0v) is 17.4. The van der Waals surface area contributed by atoms with Crippen LogP contribution >= 0.6 is 0 Å². The van der Waals surface area contributed by atoms with Crippen LogP contribution in [0.15, 0.2) is 52.9 Å². The highest BCUT2D eigenvalue weighted by atomic mass is 16.5. The van der Waals surface area contributed by atoms with E-state index >= 15 is 0 Å². The predicted octanol–water partition coefficient (Wildman–Crippen LogP) is 4.15. The first-order valence-corrected chi connectivity index (χ1v) is 9.76. The summed E-state index contributed by atoms with van der Waals surface area (Å²) in [6.07, 6.45) is 0. The number of nitrogens with zero attached hydrogens (tertiary/aromatic N) is 1. The molecule has 29 heavy (non-hydrogen) atoms. The second-order valence-electron chi connectivity index (χ2n) is 7.07. The Morgan fingerprint density at radius 3 is 2.69 bits per heavy atom. The second-order valence-corrected chi connectivity index (χ2v) is 7.07. The molecule has 1 amide bonds. The maximum Gasteiger partial charge on any atom is 0.234 e. The Labute approximate surface area is 171 Å². The summed E-state index contributed by atoms with van der Waals surface area (Å²) in [5, 5.41) is 4.04. The second kappa shape index (κ2) is 9.47. The van der Waals surface area contributed by atoms with E-state index in [1.54, 1.807) is 7.11 Å². The van der Waals surface area contributed by atoms with Gasteiger partial charge in [-0.1, -0.05) is 24.3 Å². The number of para-hydroxylation sites is 1. The van der Waals surface area contributed by atoms with Crippen molar-refractivity contribution in [3.05, 3.63) is 59.9 Å². The smallest absolute Gasteiger partial charge is 0.234 e. The van der Waals surface area contributed by atoms with Gasteiger partial charge in [-0.15, -0.1) is 0 Å². The van der Waals surface area contributed by atoms with Crippen LogP contribution in [0.25, 0.3) is 11.0 Å². The molecule has 0 spiro atoms.